The van der Waals surface area contributed by atoms with Gasteiger partial charge >= 0.3 is 45.3 Å². The SMILES string of the molecule is CCC(=O)N1CCC(NC(=O)C(F)(F)F)CC1.CCC(=O)N1CCC(NC(=O)Nc2ccc(F)cc2)CC1.CCC(=O)N1CCC(NC(=O)OC(C)(C)C)CC1.O=C=NC1CCN(OS(=O)(=O)F)CC1.O=S(=O)=O. The lowest BCUT2D eigenvalue weighted by Crippen LogP contribution is -2.49. The molecule has 4 aliphatic rings. The zero-order valence-corrected chi connectivity index (χ0v) is 43.8. The van der Waals surface area contributed by atoms with E-state index in [1.807, 2.05) is 49.7 Å². The minimum atomic E-state index is -4.94. The quantitative estimate of drug-likeness (QED) is 0.110. The Morgan fingerprint density at radius 2 is 1.05 bits per heavy atom. The summed E-state index contributed by atoms with van der Waals surface area (Å²) in [5.74, 6) is -1.91. The maximum atomic E-state index is 12.8. The molecule has 4 aliphatic heterocycles. The van der Waals surface area contributed by atoms with Crippen LogP contribution >= 0.6 is 0 Å². The molecule has 0 atom stereocenters. The number of nitrogens with one attached hydrogen (secondary N) is 4. The molecule has 1 aromatic carbocycles. The second-order valence-corrected chi connectivity index (χ2v) is 19.1. The van der Waals surface area contributed by atoms with Gasteiger partial charge in [-0.2, -0.15) is 30.9 Å². The van der Waals surface area contributed by atoms with Gasteiger partial charge in [0, 0.05) is 95.4 Å². The predicted octanol–water partition coefficient (Wildman–Crippen LogP) is 4.25. The first-order valence-corrected chi connectivity index (χ1v) is 26.1. The summed E-state index contributed by atoms with van der Waals surface area (Å²) in [4.78, 5) is 87.1. The van der Waals surface area contributed by atoms with E-state index in [1.165, 1.54) is 30.3 Å². The molecule has 4 saturated heterocycles. The first-order valence-electron chi connectivity index (χ1n) is 23.7. The van der Waals surface area contributed by atoms with Gasteiger partial charge in [-0.1, -0.05) is 24.7 Å². The van der Waals surface area contributed by atoms with E-state index in [-0.39, 0.29) is 66.9 Å². The molecule has 4 fully saturated rings. The van der Waals surface area contributed by atoms with E-state index >= 15 is 0 Å². The molecule has 23 nitrogen and oxygen atoms in total. The molecule has 74 heavy (non-hydrogen) atoms. The molecule has 4 N–H and O–H groups in total. The molecular weight excluding hydrogens is 1040 g/mol. The fraction of sp³-hybridized carbons (Fsp3) is 0.705. The van der Waals surface area contributed by atoms with Gasteiger partial charge in [-0.05, 0) is 96.4 Å². The van der Waals surface area contributed by atoms with Crippen molar-refractivity contribution >= 4 is 68.6 Å². The number of carbonyl (C=O) groups excluding carboxylic acids is 7. The molecule has 1 aromatic rings. The van der Waals surface area contributed by atoms with Gasteiger partial charge in [0.05, 0.1) is 6.04 Å². The number of alkyl carbamates (subject to hydrolysis) is 1. The van der Waals surface area contributed by atoms with E-state index in [0.29, 0.717) is 89.9 Å². The van der Waals surface area contributed by atoms with Gasteiger partial charge in [0.2, 0.25) is 23.8 Å². The van der Waals surface area contributed by atoms with Crippen molar-refractivity contribution in [1.82, 2.24) is 35.7 Å². The van der Waals surface area contributed by atoms with Crippen molar-refractivity contribution in [1.29, 1.82) is 0 Å². The number of nitrogens with zero attached hydrogens (tertiary/aromatic N) is 5. The fourth-order valence-electron chi connectivity index (χ4n) is 7.36. The highest BCUT2D eigenvalue weighted by Gasteiger charge is 2.40. The predicted molar refractivity (Wildman–Crippen MR) is 255 cm³/mol. The number of ether oxygens (including phenoxy) is 1. The number of hydroxylamine groups is 2. The van der Waals surface area contributed by atoms with E-state index < -0.39 is 44.8 Å². The van der Waals surface area contributed by atoms with E-state index in [4.69, 9.17) is 17.4 Å². The molecule has 0 saturated carbocycles. The van der Waals surface area contributed by atoms with Gasteiger partial charge in [0.1, 0.15) is 11.4 Å². The molecule has 7 amide bonds. The van der Waals surface area contributed by atoms with Crippen LogP contribution in [-0.4, -0.2) is 171 Å². The average molecular weight is 1110 g/mol. The number of rotatable bonds is 10. The highest BCUT2D eigenvalue weighted by molar-refractivity contribution is 7.81. The molecule has 0 aliphatic carbocycles. The van der Waals surface area contributed by atoms with Crippen LogP contribution in [0.15, 0.2) is 29.3 Å². The molecule has 420 valence electrons. The van der Waals surface area contributed by atoms with Crippen LogP contribution in [0.2, 0.25) is 0 Å². The third-order valence-electron chi connectivity index (χ3n) is 11.1. The summed E-state index contributed by atoms with van der Waals surface area (Å²) < 4.78 is 115. The van der Waals surface area contributed by atoms with Crippen LogP contribution in [0, 0.1) is 5.82 Å². The van der Waals surface area contributed by atoms with Crippen LogP contribution in [0.3, 0.4) is 0 Å². The van der Waals surface area contributed by atoms with Gasteiger partial charge in [0.25, 0.3) is 0 Å². The number of hydrogen-bond acceptors (Lipinski definition) is 16. The Labute approximate surface area is 429 Å². The lowest BCUT2D eigenvalue weighted by molar-refractivity contribution is -0.174. The monoisotopic (exact) mass is 1110 g/mol. The van der Waals surface area contributed by atoms with Crippen molar-refractivity contribution < 1.29 is 85.1 Å². The number of likely N-dealkylation sites (tertiary alicyclic amines) is 3. The number of benzene rings is 1. The molecule has 4 heterocycles. The molecule has 0 aromatic heterocycles. The Morgan fingerprint density at radius 3 is 1.39 bits per heavy atom. The summed E-state index contributed by atoms with van der Waals surface area (Å²) in [6, 6.07) is 4.82. The maximum absolute atomic E-state index is 12.8. The summed E-state index contributed by atoms with van der Waals surface area (Å²) >= 11 is 0. The van der Waals surface area contributed by atoms with Gasteiger partial charge in [-0.25, -0.2) is 23.8 Å². The van der Waals surface area contributed by atoms with Crippen LogP contribution in [-0.2, 0) is 54.1 Å². The van der Waals surface area contributed by atoms with Crippen molar-refractivity contribution in [3.05, 3.63) is 30.1 Å². The number of halogens is 5. The first kappa shape index (κ1) is 66.2. The number of carbonyl (C=O) groups is 6. The van der Waals surface area contributed by atoms with Crippen molar-refractivity contribution in [3.63, 3.8) is 0 Å². The molecule has 5 rings (SSSR count). The number of isocyanates is 1. The number of amides is 7. The van der Waals surface area contributed by atoms with Crippen molar-refractivity contribution in [2.45, 2.75) is 148 Å². The van der Waals surface area contributed by atoms with E-state index in [9.17, 15) is 63.4 Å². The molecule has 0 bridgehead atoms. The molecule has 0 radical (unpaired) electrons. The van der Waals surface area contributed by atoms with Crippen molar-refractivity contribution in [2.24, 2.45) is 4.99 Å². The third-order valence-corrected chi connectivity index (χ3v) is 11.4. The maximum Gasteiger partial charge on any atom is 0.471 e. The molecular formula is C44H68F5N9O14S2. The van der Waals surface area contributed by atoms with Gasteiger partial charge in [-0.15, -0.1) is 12.6 Å². The molecule has 30 heteroatoms. The average Bonchev–Trinajstić information content (AvgIpc) is 3.32. The standard InChI is InChI=1S/C15H20FN3O2.C13H24N2O3.C10H15F3N2O2.C6H9FN2O4S.O3S/c1-2-14(20)19-9-7-13(8-10-19)18-15(21)17-12-5-3-11(16)4-6-12;1-5-11(16)15-8-6-10(7-9-15)14-12(17)18-13(2,3)4;1-2-8(16)15-5-3-7(4-6-15)14-9(17)10(11,12)13;7-14(11,12)13-9-3-1-6(2-4-9)8-5-10;1-4(2)3/h3-6,13H,2,7-10H2,1H3,(H2,17,18,21);10H,5-9H2,1-4H3,(H,14,17);7H,2-6H2,1H3,(H,14,17);6H,1-4H2;. The van der Waals surface area contributed by atoms with Crippen LogP contribution in [0.25, 0.3) is 0 Å². The van der Waals surface area contributed by atoms with Gasteiger partial charge in [0.15, 0.2) is 0 Å². The number of aliphatic imine (C=N–C) groups is 1. The minimum Gasteiger partial charge on any atom is -0.444 e. The van der Waals surface area contributed by atoms with E-state index in [0.717, 1.165) is 30.7 Å². The third kappa shape index (κ3) is 29.8. The Bertz CT molecular complexity index is 2220. The highest BCUT2D eigenvalue weighted by atomic mass is 32.3. The van der Waals surface area contributed by atoms with Gasteiger partial charge in [-0.3, -0.25) is 19.2 Å². The largest absolute Gasteiger partial charge is 0.471 e. The van der Waals surface area contributed by atoms with Crippen LogP contribution < -0.4 is 21.3 Å². The van der Waals surface area contributed by atoms with Crippen molar-refractivity contribution in [3.8, 4) is 0 Å². The van der Waals surface area contributed by atoms with Gasteiger partial charge < -0.3 is 40.7 Å². The summed E-state index contributed by atoms with van der Waals surface area (Å²) in [6.07, 6.45) is 2.40. The van der Waals surface area contributed by atoms with Crippen molar-refractivity contribution in [2.75, 3.05) is 57.7 Å². The highest BCUT2D eigenvalue weighted by Crippen LogP contribution is 2.19. The molecule has 0 spiro atoms. The number of urea groups is 1. The zero-order valence-electron chi connectivity index (χ0n) is 42.2. The number of hydrogen-bond donors (Lipinski definition) is 4. The summed E-state index contributed by atoms with van der Waals surface area (Å²) in [5, 5.41) is 11.3. The Kier molecular flexibility index (Phi) is 29.7. The van der Waals surface area contributed by atoms with E-state index in [2.05, 4.69) is 25.2 Å². The lowest BCUT2D eigenvalue weighted by atomic mass is 10.0. The Hall–Kier alpha value is -5.84. The Morgan fingerprint density at radius 1 is 0.676 bits per heavy atom. The number of anilines is 1. The number of piperidine rings is 4. The second kappa shape index (κ2) is 33.2. The lowest BCUT2D eigenvalue weighted by Gasteiger charge is -2.32. The summed E-state index contributed by atoms with van der Waals surface area (Å²) in [6.45, 7) is 15.0. The van der Waals surface area contributed by atoms with Crippen LogP contribution in [0.4, 0.5) is 36.7 Å². The van der Waals surface area contributed by atoms with E-state index in [1.54, 1.807) is 11.8 Å². The first-order chi connectivity index (χ1) is 34.5. The van der Waals surface area contributed by atoms with Crippen LogP contribution in [0.1, 0.15) is 112 Å². The normalized spacial score (nSPS) is 17.0. The second-order valence-electron chi connectivity index (χ2n) is 17.8. The fourth-order valence-corrected chi connectivity index (χ4v) is 7.76. The number of alkyl halides is 3. The minimum absolute atomic E-state index is 0.00871. The summed E-state index contributed by atoms with van der Waals surface area (Å²) in [7, 11) is -8.05. The topological polar surface area (TPSA) is 297 Å². The smallest absolute Gasteiger partial charge is 0.444 e. The summed E-state index contributed by atoms with van der Waals surface area (Å²) in [5.41, 5.74) is 0.0793. The zero-order chi connectivity index (χ0) is 56.2. The molecule has 0 unspecified atom stereocenters. The Balaban J connectivity index is 0.000000485. The van der Waals surface area contributed by atoms with Crippen LogP contribution in [0.5, 0.6) is 0 Å².